The quantitative estimate of drug-likeness (QED) is 0.799. The number of piperazine rings is 1. The standard InChI is InChI=1S/C18H28N4O4S/c1-4-21-8-10-22(11-9-21)18(23)17-13-16(19-27(24,25)20(17)2)14-6-5-7-15(12-14)26-3/h5-7,12,16-17,19H,4,8-11,13H2,1-3H3/t16-,17+/m0/s1. The van der Waals surface area contributed by atoms with E-state index in [4.69, 9.17) is 4.74 Å². The molecule has 0 bridgehead atoms. The highest BCUT2D eigenvalue weighted by Crippen LogP contribution is 2.30. The van der Waals surface area contributed by atoms with Crippen molar-refractivity contribution in [1.82, 2.24) is 18.8 Å². The fourth-order valence-corrected chi connectivity index (χ4v) is 4.93. The summed E-state index contributed by atoms with van der Waals surface area (Å²) in [6, 6.07) is 6.11. The number of rotatable bonds is 4. The van der Waals surface area contributed by atoms with Crippen molar-refractivity contribution in [2.45, 2.75) is 25.4 Å². The zero-order valence-corrected chi connectivity index (χ0v) is 16.9. The molecule has 2 atom stereocenters. The van der Waals surface area contributed by atoms with Crippen LogP contribution in [0.15, 0.2) is 24.3 Å². The van der Waals surface area contributed by atoms with E-state index in [9.17, 15) is 13.2 Å². The third-order valence-corrected chi connectivity index (χ3v) is 7.08. The minimum atomic E-state index is -3.74. The molecule has 2 aliphatic rings. The number of nitrogens with one attached hydrogen (secondary N) is 1. The molecule has 1 N–H and O–H groups in total. The number of hydrogen-bond donors (Lipinski definition) is 1. The lowest BCUT2D eigenvalue weighted by atomic mass is 9.98. The molecule has 0 radical (unpaired) electrons. The van der Waals surface area contributed by atoms with E-state index < -0.39 is 22.3 Å². The molecule has 150 valence electrons. The summed E-state index contributed by atoms with van der Waals surface area (Å²) < 4.78 is 34.3. The normalized spacial score (nSPS) is 26.7. The zero-order valence-electron chi connectivity index (χ0n) is 16.1. The van der Waals surface area contributed by atoms with Gasteiger partial charge in [0.15, 0.2) is 0 Å². The van der Waals surface area contributed by atoms with Crippen LogP contribution in [0.25, 0.3) is 0 Å². The number of likely N-dealkylation sites (N-methyl/N-ethyl adjacent to an activating group) is 2. The average Bonchev–Trinajstić information content (AvgIpc) is 2.69. The predicted molar refractivity (Wildman–Crippen MR) is 103 cm³/mol. The number of methoxy groups -OCH3 is 1. The van der Waals surface area contributed by atoms with Crippen molar-refractivity contribution in [2.75, 3.05) is 46.9 Å². The third-order valence-electron chi connectivity index (χ3n) is 5.48. The Morgan fingerprint density at radius 1 is 1.26 bits per heavy atom. The van der Waals surface area contributed by atoms with Gasteiger partial charge in [0.05, 0.1) is 13.2 Å². The molecule has 1 amide bonds. The summed E-state index contributed by atoms with van der Waals surface area (Å²) in [6.45, 7) is 5.97. The Balaban J connectivity index is 1.80. The van der Waals surface area contributed by atoms with Gasteiger partial charge in [-0.2, -0.15) is 17.4 Å². The Morgan fingerprint density at radius 3 is 2.59 bits per heavy atom. The second-order valence-corrected chi connectivity index (χ2v) is 8.74. The van der Waals surface area contributed by atoms with E-state index in [1.165, 1.54) is 7.05 Å². The summed E-state index contributed by atoms with van der Waals surface area (Å²) in [5.41, 5.74) is 0.791. The predicted octanol–water partition coefficient (Wildman–Crippen LogP) is 0.439. The largest absolute Gasteiger partial charge is 0.497 e. The molecule has 1 aromatic rings. The summed E-state index contributed by atoms with van der Waals surface area (Å²) in [4.78, 5) is 17.2. The van der Waals surface area contributed by atoms with Gasteiger partial charge in [-0.1, -0.05) is 19.1 Å². The fourth-order valence-electron chi connectivity index (χ4n) is 3.66. The van der Waals surface area contributed by atoms with Gasteiger partial charge < -0.3 is 14.5 Å². The van der Waals surface area contributed by atoms with Gasteiger partial charge in [0.25, 0.3) is 10.2 Å². The van der Waals surface area contributed by atoms with Crippen LogP contribution < -0.4 is 9.46 Å². The van der Waals surface area contributed by atoms with E-state index in [0.717, 1.165) is 29.5 Å². The van der Waals surface area contributed by atoms with Crippen LogP contribution in [0, 0.1) is 0 Å². The average molecular weight is 397 g/mol. The first-order valence-electron chi connectivity index (χ1n) is 9.26. The minimum Gasteiger partial charge on any atom is -0.497 e. The van der Waals surface area contributed by atoms with Crippen molar-refractivity contribution >= 4 is 16.1 Å². The van der Waals surface area contributed by atoms with Gasteiger partial charge in [-0.25, -0.2) is 0 Å². The van der Waals surface area contributed by atoms with Crippen LogP contribution in [-0.4, -0.2) is 81.4 Å². The Kier molecular flexibility index (Phi) is 6.05. The maximum absolute atomic E-state index is 13.1. The van der Waals surface area contributed by atoms with Crippen molar-refractivity contribution in [3.8, 4) is 5.75 Å². The second kappa shape index (κ2) is 8.14. The number of nitrogens with zero attached hydrogens (tertiary/aromatic N) is 3. The van der Waals surface area contributed by atoms with Gasteiger partial charge in [0.1, 0.15) is 11.8 Å². The Hall–Kier alpha value is -1.68. The second-order valence-electron chi connectivity index (χ2n) is 6.98. The van der Waals surface area contributed by atoms with Crippen LogP contribution in [0.3, 0.4) is 0 Å². The first-order valence-corrected chi connectivity index (χ1v) is 10.7. The summed E-state index contributed by atoms with van der Waals surface area (Å²) >= 11 is 0. The summed E-state index contributed by atoms with van der Waals surface area (Å²) in [6.07, 6.45) is 0.385. The van der Waals surface area contributed by atoms with Gasteiger partial charge in [0.2, 0.25) is 5.91 Å². The highest BCUT2D eigenvalue weighted by atomic mass is 32.2. The Morgan fingerprint density at radius 2 is 1.96 bits per heavy atom. The molecule has 2 heterocycles. The molecule has 2 fully saturated rings. The Bertz CT molecular complexity index is 777. The maximum atomic E-state index is 13.1. The molecular weight excluding hydrogens is 368 g/mol. The highest BCUT2D eigenvalue weighted by Gasteiger charge is 2.42. The summed E-state index contributed by atoms with van der Waals surface area (Å²) in [7, 11) is -0.705. The molecule has 0 aromatic heterocycles. The van der Waals surface area contributed by atoms with Gasteiger partial charge in [-0.05, 0) is 30.7 Å². The highest BCUT2D eigenvalue weighted by molar-refractivity contribution is 7.87. The zero-order chi connectivity index (χ0) is 19.6. The van der Waals surface area contributed by atoms with Crippen molar-refractivity contribution in [1.29, 1.82) is 0 Å². The SMILES string of the molecule is CCN1CCN(C(=O)[C@H]2C[C@@H](c3cccc(OC)c3)NS(=O)(=O)N2C)CC1. The van der Waals surface area contributed by atoms with Crippen molar-refractivity contribution in [2.24, 2.45) is 0 Å². The molecule has 2 aliphatic heterocycles. The molecule has 0 saturated carbocycles. The molecule has 0 aliphatic carbocycles. The van der Waals surface area contributed by atoms with E-state index in [2.05, 4.69) is 16.5 Å². The van der Waals surface area contributed by atoms with Crippen molar-refractivity contribution < 1.29 is 17.9 Å². The number of carbonyl (C=O) groups is 1. The lowest BCUT2D eigenvalue weighted by Crippen LogP contribution is -2.60. The van der Waals surface area contributed by atoms with E-state index in [1.807, 2.05) is 18.2 Å². The summed E-state index contributed by atoms with van der Waals surface area (Å²) in [5.74, 6) is 0.537. The van der Waals surface area contributed by atoms with E-state index >= 15 is 0 Å². The molecule has 0 spiro atoms. The molecule has 1 aromatic carbocycles. The molecule has 3 rings (SSSR count). The number of amides is 1. The fraction of sp³-hybridized carbons (Fsp3) is 0.611. The first-order chi connectivity index (χ1) is 12.9. The molecule has 8 nitrogen and oxygen atoms in total. The van der Waals surface area contributed by atoms with E-state index in [1.54, 1.807) is 18.1 Å². The van der Waals surface area contributed by atoms with Crippen LogP contribution in [0.1, 0.15) is 24.9 Å². The molecular formula is C18H28N4O4S. The van der Waals surface area contributed by atoms with Crippen molar-refractivity contribution in [3.63, 3.8) is 0 Å². The number of carbonyl (C=O) groups excluding carboxylic acids is 1. The minimum absolute atomic E-state index is 0.119. The van der Waals surface area contributed by atoms with Crippen molar-refractivity contribution in [3.05, 3.63) is 29.8 Å². The van der Waals surface area contributed by atoms with Gasteiger partial charge in [0, 0.05) is 33.2 Å². The number of benzene rings is 1. The van der Waals surface area contributed by atoms with Crippen LogP contribution in [0.2, 0.25) is 0 Å². The topological polar surface area (TPSA) is 82.2 Å². The first kappa shape index (κ1) is 20.1. The summed E-state index contributed by atoms with van der Waals surface area (Å²) in [5, 5.41) is 0. The molecule has 9 heteroatoms. The van der Waals surface area contributed by atoms with Crippen LogP contribution in [0.4, 0.5) is 0 Å². The van der Waals surface area contributed by atoms with Gasteiger partial charge in [-0.15, -0.1) is 0 Å². The van der Waals surface area contributed by atoms with Crippen LogP contribution >= 0.6 is 0 Å². The lowest BCUT2D eigenvalue weighted by molar-refractivity contribution is -0.137. The van der Waals surface area contributed by atoms with Crippen LogP contribution in [-0.2, 0) is 15.0 Å². The van der Waals surface area contributed by atoms with Gasteiger partial charge >= 0.3 is 0 Å². The van der Waals surface area contributed by atoms with Gasteiger partial charge in [-0.3, -0.25) is 4.79 Å². The van der Waals surface area contributed by atoms with E-state index in [0.29, 0.717) is 25.3 Å². The Labute approximate surface area is 161 Å². The number of ether oxygens (including phenoxy) is 1. The monoisotopic (exact) mass is 396 g/mol. The van der Waals surface area contributed by atoms with Crippen LogP contribution in [0.5, 0.6) is 5.75 Å². The maximum Gasteiger partial charge on any atom is 0.280 e. The smallest absolute Gasteiger partial charge is 0.280 e. The molecule has 0 unspecified atom stereocenters. The molecule has 27 heavy (non-hydrogen) atoms. The van der Waals surface area contributed by atoms with E-state index in [-0.39, 0.29) is 5.91 Å². The lowest BCUT2D eigenvalue weighted by Gasteiger charge is -2.41. The molecule has 2 saturated heterocycles. The third kappa shape index (κ3) is 4.26. The number of hydrogen-bond acceptors (Lipinski definition) is 5.